The van der Waals surface area contributed by atoms with Crippen molar-refractivity contribution in [1.82, 2.24) is 0 Å². The zero-order valence-electron chi connectivity index (χ0n) is 9.90. The highest BCUT2D eigenvalue weighted by atomic mass is 32.1. The maximum atomic E-state index is 2.13. The minimum atomic E-state index is 1.26. The molecule has 2 aromatic heterocycles. The zero-order chi connectivity index (χ0) is 12.5. The summed E-state index contributed by atoms with van der Waals surface area (Å²) in [4.78, 5) is 0. The first kappa shape index (κ1) is 12.8. The number of allylic oxidation sites excluding steroid dienone is 6. The van der Waals surface area contributed by atoms with Gasteiger partial charge in [-0.15, -0.1) is 0 Å². The molecular formula is C16H14S2. The average Bonchev–Trinajstić information content (AvgIpc) is 3.05. The second-order valence-electron chi connectivity index (χ2n) is 3.60. The van der Waals surface area contributed by atoms with E-state index in [0.29, 0.717) is 0 Å². The summed E-state index contributed by atoms with van der Waals surface area (Å²) in [5, 5.41) is 8.42. The Balaban J connectivity index is 1.74. The molecule has 0 bridgehead atoms. The first-order chi connectivity index (χ1) is 8.95. The van der Waals surface area contributed by atoms with Crippen LogP contribution in [0.3, 0.4) is 0 Å². The first-order valence-corrected chi connectivity index (χ1v) is 7.56. The average molecular weight is 270 g/mol. The predicted octanol–water partition coefficient (Wildman–Crippen LogP) is 5.65. The van der Waals surface area contributed by atoms with Crippen molar-refractivity contribution in [2.24, 2.45) is 0 Å². The Kier molecular flexibility index (Phi) is 5.44. The van der Waals surface area contributed by atoms with Gasteiger partial charge in [0.25, 0.3) is 0 Å². The van der Waals surface area contributed by atoms with E-state index in [-0.39, 0.29) is 0 Å². The molecule has 0 aromatic carbocycles. The molecule has 2 rings (SSSR count). The molecule has 0 fully saturated rings. The molecule has 0 saturated heterocycles. The molecule has 90 valence electrons. The minimum Gasteiger partial charge on any atom is -0.152 e. The molecule has 0 spiro atoms. The molecule has 2 heterocycles. The summed E-state index contributed by atoms with van der Waals surface area (Å²) in [7, 11) is 0. The lowest BCUT2D eigenvalue weighted by Crippen LogP contribution is -1.58. The molecule has 0 aliphatic carbocycles. The van der Waals surface area contributed by atoms with Gasteiger partial charge >= 0.3 is 0 Å². The largest absolute Gasteiger partial charge is 0.152 e. The lowest BCUT2D eigenvalue weighted by Gasteiger charge is -1.80. The summed E-state index contributed by atoms with van der Waals surface area (Å²) in [6.45, 7) is 0. The zero-order valence-corrected chi connectivity index (χ0v) is 11.5. The second kappa shape index (κ2) is 7.64. The Morgan fingerprint density at radius 1 is 0.611 bits per heavy atom. The monoisotopic (exact) mass is 270 g/mol. The number of hydrogen-bond acceptors (Lipinski definition) is 2. The topological polar surface area (TPSA) is 0 Å². The summed E-state index contributed by atoms with van der Waals surface area (Å²) in [6.07, 6.45) is 16.4. The lowest BCUT2D eigenvalue weighted by atomic mass is 10.3. The van der Waals surface area contributed by atoms with Crippen molar-refractivity contribution in [3.05, 3.63) is 81.2 Å². The van der Waals surface area contributed by atoms with Crippen LogP contribution in [0.15, 0.2) is 70.1 Å². The molecule has 0 aliphatic rings. The van der Waals surface area contributed by atoms with Crippen molar-refractivity contribution in [3.8, 4) is 0 Å². The van der Waals surface area contributed by atoms with Crippen LogP contribution in [0.4, 0.5) is 0 Å². The summed E-state index contributed by atoms with van der Waals surface area (Å²) >= 11 is 3.43. The summed E-state index contributed by atoms with van der Waals surface area (Å²) < 4.78 is 0. The molecule has 0 amide bonds. The van der Waals surface area contributed by atoms with Crippen LogP contribution in [0.2, 0.25) is 0 Å². The minimum absolute atomic E-state index is 1.26. The van der Waals surface area contributed by atoms with Crippen molar-refractivity contribution in [2.45, 2.75) is 0 Å². The molecule has 2 heteroatoms. The second-order valence-corrected chi connectivity index (χ2v) is 5.16. The molecule has 0 nitrogen and oxygen atoms in total. The van der Waals surface area contributed by atoms with Crippen LogP contribution in [0.25, 0.3) is 12.2 Å². The smallest absolute Gasteiger partial charge is 0.00208 e. The van der Waals surface area contributed by atoms with Gasteiger partial charge in [-0.3, -0.25) is 0 Å². The fourth-order valence-corrected chi connectivity index (χ4v) is 2.59. The Morgan fingerprint density at radius 2 is 1.06 bits per heavy atom. The quantitative estimate of drug-likeness (QED) is 0.616. The Bertz CT molecular complexity index is 486. The van der Waals surface area contributed by atoms with Gasteiger partial charge in [-0.2, -0.15) is 22.7 Å². The molecule has 18 heavy (non-hydrogen) atoms. The number of rotatable bonds is 5. The van der Waals surface area contributed by atoms with E-state index in [4.69, 9.17) is 0 Å². The van der Waals surface area contributed by atoms with Gasteiger partial charge in [0.15, 0.2) is 0 Å². The summed E-state index contributed by atoms with van der Waals surface area (Å²) in [5.41, 5.74) is 2.51. The molecule has 0 atom stereocenters. The highest BCUT2D eigenvalue weighted by Crippen LogP contribution is 2.08. The van der Waals surface area contributed by atoms with Crippen LogP contribution >= 0.6 is 22.7 Å². The van der Waals surface area contributed by atoms with E-state index in [1.54, 1.807) is 22.7 Å². The van der Waals surface area contributed by atoms with Gasteiger partial charge in [0.1, 0.15) is 0 Å². The van der Waals surface area contributed by atoms with E-state index in [2.05, 4.69) is 58.0 Å². The Morgan fingerprint density at radius 3 is 1.44 bits per heavy atom. The van der Waals surface area contributed by atoms with Gasteiger partial charge in [0, 0.05) is 0 Å². The lowest BCUT2D eigenvalue weighted by molar-refractivity contribution is 1.84. The fraction of sp³-hybridized carbons (Fsp3) is 0. The van der Waals surface area contributed by atoms with Crippen LogP contribution in [0.1, 0.15) is 11.1 Å². The maximum Gasteiger partial charge on any atom is -0.00208 e. The van der Waals surface area contributed by atoms with Crippen molar-refractivity contribution >= 4 is 34.8 Å². The van der Waals surface area contributed by atoms with Gasteiger partial charge in [-0.25, -0.2) is 0 Å². The molecule has 0 aliphatic heterocycles. The molecule has 0 saturated carbocycles. The summed E-state index contributed by atoms with van der Waals surface area (Å²) in [5.74, 6) is 0. The van der Waals surface area contributed by atoms with Gasteiger partial charge < -0.3 is 0 Å². The predicted molar refractivity (Wildman–Crippen MR) is 85.0 cm³/mol. The van der Waals surface area contributed by atoms with Crippen molar-refractivity contribution in [1.29, 1.82) is 0 Å². The summed E-state index contributed by atoms with van der Waals surface area (Å²) in [6, 6.07) is 4.21. The van der Waals surface area contributed by atoms with Crippen LogP contribution in [-0.2, 0) is 0 Å². The Labute approximate surface area is 116 Å². The van der Waals surface area contributed by atoms with Crippen molar-refractivity contribution in [2.75, 3.05) is 0 Å². The van der Waals surface area contributed by atoms with Crippen LogP contribution < -0.4 is 0 Å². The molecule has 0 radical (unpaired) electrons. The Hall–Kier alpha value is -1.64. The van der Waals surface area contributed by atoms with E-state index in [1.807, 2.05) is 24.3 Å². The van der Waals surface area contributed by atoms with E-state index < -0.39 is 0 Å². The van der Waals surface area contributed by atoms with Crippen LogP contribution in [0, 0.1) is 0 Å². The standard InChI is InChI=1S/C16H14S2/c1(3-5-7-15-9-11-17-13-15)2-4-6-8-16-10-12-18-14-16/h1-14H/b3-1+,4-2+,7-5+,8-6+. The molecule has 0 unspecified atom stereocenters. The molecule has 2 aromatic rings. The first-order valence-electron chi connectivity index (χ1n) is 5.67. The highest BCUT2D eigenvalue weighted by molar-refractivity contribution is 7.08. The van der Waals surface area contributed by atoms with Gasteiger partial charge in [0.2, 0.25) is 0 Å². The maximum absolute atomic E-state index is 2.13. The normalized spacial score (nSPS) is 12.7. The van der Waals surface area contributed by atoms with Gasteiger partial charge in [-0.05, 0) is 44.8 Å². The third kappa shape index (κ3) is 4.70. The van der Waals surface area contributed by atoms with E-state index in [1.165, 1.54) is 11.1 Å². The number of thiophene rings is 2. The highest BCUT2D eigenvalue weighted by Gasteiger charge is 1.82. The molecular weight excluding hydrogens is 256 g/mol. The van der Waals surface area contributed by atoms with Gasteiger partial charge in [0.05, 0.1) is 0 Å². The van der Waals surface area contributed by atoms with E-state index >= 15 is 0 Å². The fourth-order valence-electron chi connectivity index (χ4n) is 1.33. The molecule has 0 N–H and O–H groups in total. The van der Waals surface area contributed by atoms with Crippen molar-refractivity contribution in [3.63, 3.8) is 0 Å². The SMILES string of the molecule is C(/C=C/C=C/c1ccsc1)=C\C=C\c1ccsc1. The van der Waals surface area contributed by atoms with Crippen molar-refractivity contribution < 1.29 is 0 Å². The third-order valence-corrected chi connectivity index (χ3v) is 3.62. The number of hydrogen-bond donors (Lipinski definition) is 0. The third-order valence-electron chi connectivity index (χ3n) is 2.22. The van der Waals surface area contributed by atoms with E-state index in [9.17, 15) is 0 Å². The van der Waals surface area contributed by atoms with Crippen LogP contribution in [0.5, 0.6) is 0 Å². The van der Waals surface area contributed by atoms with E-state index in [0.717, 1.165) is 0 Å². The van der Waals surface area contributed by atoms with Crippen LogP contribution in [-0.4, -0.2) is 0 Å². The van der Waals surface area contributed by atoms with Gasteiger partial charge in [-0.1, -0.05) is 48.6 Å².